The highest BCUT2D eigenvalue weighted by molar-refractivity contribution is 7.07. The summed E-state index contributed by atoms with van der Waals surface area (Å²) >= 11 is 1.66. The maximum absolute atomic E-state index is 4.80. The van der Waals surface area contributed by atoms with Crippen molar-refractivity contribution in [1.29, 1.82) is 0 Å². The van der Waals surface area contributed by atoms with E-state index in [1.165, 1.54) is 22.4 Å². The van der Waals surface area contributed by atoms with Crippen LogP contribution in [-0.4, -0.2) is 4.57 Å². The zero-order valence-corrected chi connectivity index (χ0v) is 16.3. The fraction of sp³-hybridized carbons (Fsp3) is 0.150. The van der Waals surface area contributed by atoms with Gasteiger partial charge in [-0.15, -0.1) is 17.9 Å². The van der Waals surface area contributed by atoms with Crippen LogP contribution in [-0.2, 0) is 6.54 Å². The van der Waals surface area contributed by atoms with Crippen LogP contribution in [0.15, 0.2) is 71.6 Å². The van der Waals surface area contributed by atoms with Gasteiger partial charge in [0.25, 0.3) is 0 Å². The molecule has 0 aliphatic heterocycles. The molecule has 0 unspecified atom stereocenters. The standard InChI is InChI=1S/C20H20N2S.BrH/c1-4-13-22-19(17-9-5-15(2)6-10-17)14-23-20(22)21-18-11-7-16(3)8-12-18;/h4-12,14H,1,13H2,2-3H3;1H/p-1. The smallest absolute Gasteiger partial charge is 0.190 e. The first-order valence-corrected chi connectivity index (χ1v) is 8.53. The molecule has 0 aliphatic carbocycles. The van der Waals surface area contributed by atoms with Crippen molar-refractivity contribution in [3.05, 3.63) is 82.5 Å². The van der Waals surface area contributed by atoms with Crippen molar-refractivity contribution in [2.24, 2.45) is 4.99 Å². The number of allylic oxidation sites excluding steroid dienone is 1. The third-order valence-corrected chi connectivity index (χ3v) is 4.58. The topological polar surface area (TPSA) is 17.3 Å². The Bertz CT molecular complexity index is 871. The van der Waals surface area contributed by atoms with Crippen LogP contribution in [0.25, 0.3) is 11.3 Å². The molecule has 1 aromatic heterocycles. The van der Waals surface area contributed by atoms with Crippen LogP contribution in [0.5, 0.6) is 0 Å². The van der Waals surface area contributed by atoms with Crippen LogP contribution < -0.4 is 21.8 Å². The summed E-state index contributed by atoms with van der Waals surface area (Å²) in [7, 11) is 0. The van der Waals surface area contributed by atoms with Gasteiger partial charge in [-0.3, -0.25) is 0 Å². The van der Waals surface area contributed by atoms with Crippen LogP contribution in [0.4, 0.5) is 5.69 Å². The van der Waals surface area contributed by atoms with E-state index in [1.807, 2.05) is 6.08 Å². The monoisotopic (exact) mass is 399 g/mol. The van der Waals surface area contributed by atoms with E-state index in [0.717, 1.165) is 17.0 Å². The Morgan fingerprint density at radius 1 is 1.00 bits per heavy atom. The molecule has 0 atom stereocenters. The molecule has 124 valence electrons. The summed E-state index contributed by atoms with van der Waals surface area (Å²) in [6.45, 7) is 8.82. The van der Waals surface area contributed by atoms with Crippen LogP contribution in [0.2, 0.25) is 0 Å². The molecule has 1 heterocycles. The Balaban J connectivity index is 0.00000208. The van der Waals surface area contributed by atoms with Crippen molar-refractivity contribution in [3.8, 4) is 11.3 Å². The number of aromatic nitrogens is 1. The molecular formula is C20H20BrN2S-. The SMILES string of the molecule is C=CCn1c(-c2ccc(C)cc2)csc1=Nc1ccc(C)cc1.[Br-]. The summed E-state index contributed by atoms with van der Waals surface area (Å²) in [4.78, 5) is 5.79. The minimum Gasteiger partial charge on any atom is -1.00 e. The Morgan fingerprint density at radius 2 is 1.58 bits per heavy atom. The van der Waals surface area contributed by atoms with Gasteiger partial charge in [-0.25, -0.2) is 4.99 Å². The van der Waals surface area contributed by atoms with Crippen LogP contribution in [0.1, 0.15) is 11.1 Å². The van der Waals surface area contributed by atoms with E-state index >= 15 is 0 Å². The third-order valence-electron chi connectivity index (χ3n) is 3.72. The first-order valence-electron chi connectivity index (χ1n) is 7.65. The molecule has 2 aromatic carbocycles. The van der Waals surface area contributed by atoms with Crippen LogP contribution >= 0.6 is 11.3 Å². The predicted molar refractivity (Wildman–Crippen MR) is 99.1 cm³/mol. The lowest BCUT2D eigenvalue weighted by Gasteiger charge is -2.07. The molecule has 0 bridgehead atoms. The highest BCUT2D eigenvalue weighted by Crippen LogP contribution is 2.21. The summed E-state index contributed by atoms with van der Waals surface area (Å²) in [6, 6.07) is 16.9. The first kappa shape index (κ1) is 18.4. The molecule has 3 rings (SSSR count). The Kier molecular flexibility index (Phi) is 6.35. The second kappa shape index (κ2) is 8.27. The van der Waals surface area contributed by atoms with Gasteiger partial charge < -0.3 is 21.5 Å². The zero-order valence-electron chi connectivity index (χ0n) is 13.9. The number of aryl methyl sites for hydroxylation is 2. The summed E-state index contributed by atoms with van der Waals surface area (Å²) < 4.78 is 2.21. The lowest BCUT2D eigenvalue weighted by atomic mass is 10.1. The Morgan fingerprint density at radius 3 is 2.17 bits per heavy atom. The third kappa shape index (κ3) is 4.13. The van der Waals surface area contributed by atoms with Crippen molar-refractivity contribution in [2.75, 3.05) is 0 Å². The van der Waals surface area contributed by atoms with E-state index in [4.69, 9.17) is 4.99 Å². The van der Waals surface area contributed by atoms with Gasteiger partial charge in [-0.1, -0.05) is 53.6 Å². The quantitative estimate of drug-likeness (QED) is 0.598. The molecule has 0 saturated carbocycles. The Labute approximate surface area is 157 Å². The molecular weight excluding hydrogens is 380 g/mol. The summed E-state index contributed by atoms with van der Waals surface area (Å²) in [5, 5.41) is 2.17. The van der Waals surface area contributed by atoms with E-state index in [-0.39, 0.29) is 17.0 Å². The summed E-state index contributed by atoms with van der Waals surface area (Å²) in [5.41, 5.74) is 5.88. The highest BCUT2D eigenvalue weighted by atomic mass is 79.9. The maximum atomic E-state index is 4.80. The number of hydrogen-bond acceptors (Lipinski definition) is 2. The minimum atomic E-state index is 0. The van der Waals surface area contributed by atoms with Gasteiger partial charge in [0.05, 0.1) is 11.4 Å². The van der Waals surface area contributed by atoms with Crippen LogP contribution in [0, 0.1) is 13.8 Å². The normalized spacial score (nSPS) is 11.2. The van der Waals surface area contributed by atoms with Crippen molar-refractivity contribution < 1.29 is 17.0 Å². The van der Waals surface area contributed by atoms with Crippen molar-refractivity contribution in [3.63, 3.8) is 0 Å². The van der Waals surface area contributed by atoms with Gasteiger partial charge in [0, 0.05) is 11.9 Å². The largest absolute Gasteiger partial charge is 1.00 e. The average Bonchev–Trinajstić information content (AvgIpc) is 2.94. The van der Waals surface area contributed by atoms with Gasteiger partial charge in [-0.05, 0) is 31.5 Å². The summed E-state index contributed by atoms with van der Waals surface area (Å²) in [5.74, 6) is 0. The number of hydrogen-bond donors (Lipinski definition) is 0. The second-order valence-corrected chi connectivity index (χ2v) is 6.45. The van der Waals surface area contributed by atoms with Gasteiger partial charge in [0.2, 0.25) is 0 Å². The molecule has 0 saturated heterocycles. The maximum Gasteiger partial charge on any atom is 0.190 e. The number of halogens is 1. The fourth-order valence-corrected chi connectivity index (χ4v) is 3.35. The van der Waals surface area contributed by atoms with Crippen molar-refractivity contribution in [1.82, 2.24) is 4.57 Å². The van der Waals surface area contributed by atoms with E-state index in [2.05, 4.69) is 78.9 Å². The fourth-order valence-electron chi connectivity index (χ4n) is 2.41. The van der Waals surface area contributed by atoms with E-state index in [1.54, 1.807) is 11.3 Å². The average molecular weight is 400 g/mol. The zero-order chi connectivity index (χ0) is 16.2. The molecule has 0 amide bonds. The van der Waals surface area contributed by atoms with Crippen molar-refractivity contribution in [2.45, 2.75) is 20.4 Å². The van der Waals surface area contributed by atoms with Gasteiger partial charge in [0.1, 0.15) is 0 Å². The van der Waals surface area contributed by atoms with E-state index < -0.39 is 0 Å². The summed E-state index contributed by atoms with van der Waals surface area (Å²) in [6.07, 6.45) is 1.92. The van der Waals surface area contributed by atoms with Gasteiger partial charge >= 0.3 is 0 Å². The lowest BCUT2D eigenvalue weighted by Crippen LogP contribution is -3.00. The number of rotatable bonds is 4. The van der Waals surface area contributed by atoms with Gasteiger partial charge in [0.15, 0.2) is 4.80 Å². The molecule has 0 spiro atoms. The molecule has 0 radical (unpaired) electrons. The molecule has 3 aromatic rings. The highest BCUT2D eigenvalue weighted by Gasteiger charge is 2.07. The molecule has 2 nitrogen and oxygen atoms in total. The Hall–Kier alpha value is -1.91. The molecule has 0 N–H and O–H groups in total. The number of thiazole rings is 1. The minimum absolute atomic E-state index is 0. The lowest BCUT2D eigenvalue weighted by molar-refractivity contribution is -0.00000472. The second-order valence-electron chi connectivity index (χ2n) is 5.62. The molecule has 0 aliphatic rings. The number of benzene rings is 2. The number of nitrogens with zero attached hydrogens (tertiary/aromatic N) is 2. The molecule has 0 fully saturated rings. The predicted octanol–water partition coefficient (Wildman–Crippen LogP) is 2.26. The van der Waals surface area contributed by atoms with Gasteiger partial charge in [-0.2, -0.15) is 0 Å². The van der Waals surface area contributed by atoms with E-state index in [0.29, 0.717) is 0 Å². The molecule has 24 heavy (non-hydrogen) atoms. The van der Waals surface area contributed by atoms with Crippen LogP contribution in [0.3, 0.4) is 0 Å². The van der Waals surface area contributed by atoms with Crippen molar-refractivity contribution >= 4 is 17.0 Å². The van der Waals surface area contributed by atoms with E-state index in [9.17, 15) is 0 Å². The first-order chi connectivity index (χ1) is 11.2. The molecule has 4 heteroatoms.